The Morgan fingerprint density at radius 2 is 1.89 bits per heavy atom. The van der Waals surface area contributed by atoms with Crippen LogP contribution in [0.1, 0.15) is 19.4 Å². The van der Waals surface area contributed by atoms with Crippen LogP contribution in [-0.2, 0) is 0 Å². The smallest absolute Gasteiger partial charge is 0.272 e. The minimum absolute atomic E-state index is 0.107. The third-order valence-electron chi connectivity index (χ3n) is 2.55. The van der Waals surface area contributed by atoms with Crippen molar-refractivity contribution in [1.29, 1.82) is 5.26 Å². The molecule has 0 spiro atoms. The first-order valence-corrected chi connectivity index (χ1v) is 6.00. The summed E-state index contributed by atoms with van der Waals surface area (Å²) < 4.78 is 6.98. The predicted molar refractivity (Wildman–Crippen MR) is 72.5 cm³/mol. The maximum atomic E-state index is 12.0. The van der Waals surface area contributed by atoms with E-state index in [4.69, 9.17) is 10.00 Å². The first-order valence-electron chi connectivity index (χ1n) is 6.00. The molecule has 0 bridgehead atoms. The number of pyridine rings is 1. The first-order chi connectivity index (χ1) is 9.11. The van der Waals surface area contributed by atoms with E-state index in [1.165, 1.54) is 10.6 Å². The highest BCUT2D eigenvalue weighted by Crippen LogP contribution is 2.15. The topological polar surface area (TPSA) is 55.0 Å². The number of nitriles is 1. The SMILES string of the molecule is CC(C)Oc1ccc(-n2cccc(C#N)c2=O)cc1. The van der Waals surface area contributed by atoms with Gasteiger partial charge in [0, 0.05) is 11.9 Å². The summed E-state index contributed by atoms with van der Waals surface area (Å²) in [5.41, 5.74) is 0.519. The van der Waals surface area contributed by atoms with Gasteiger partial charge in [-0.25, -0.2) is 0 Å². The molecule has 4 heteroatoms. The zero-order valence-corrected chi connectivity index (χ0v) is 10.8. The number of aromatic nitrogens is 1. The standard InChI is InChI=1S/C15H14N2O2/c1-11(2)19-14-7-5-13(6-8-14)17-9-3-4-12(10-16)15(17)18/h3-9,11H,1-2H3. The third-order valence-corrected chi connectivity index (χ3v) is 2.55. The maximum absolute atomic E-state index is 12.0. The van der Waals surface area contributed by atoms with Crippen LogP contribution in [0.25, 0.3) is 5.69 Å². The van der Waals surface area contributed by atoms with E-state index in [2.05, 4.69) is 0 Å². The van der Waals surface area contributed by atoms with E-state index in [1.807, 2.05) is 19.9 Å². The van der Waals surface area contributed by atoms with E-state index in [1.54, 1.807) is 36.5 Å². The van der Waals surface area contributed by atoms with Crippen LogP contribution >= 0.6 is 0 Å². The molecule has 0 saturated heterocycles. The molecule has 0 unspecified atom stereocenters. The van der Waals surface area contributed by atoms with Gasteiger partial charge in [-0.15, -0.1) is 0 Å². The van der Waals surface area contributed by atoms with Crippen LogP contribution in [0.2, 0.25) is 0 Å². The molecule has 0 saturated carbocycles. The van der Waals surface area contributed by atoms with E-state index in [0.29, 0.717) is 5.69 Å². The summed E-state index contributed by atoms with van der Waals surface area (Å²) in [4.78, 5) is 12.0. The number of rotatable bonds is 3. The fraction of sp³-hybridized carbons (Fsp3) is 0.200. The minimum atomic E-state index is -0.317. The Hall–Kier alpha value is -2.54. The van der Waals surface area contributed by atoms with Crippen molar-refractivity contribution in [3.8, 4) is 17.5 Å². The van der Waals surface area contributed by atoms with Gasteiger partial charge in [0.05, 0.1) is 6.10 Å². The molecule has 19 heavy (non-hydrogen) atoms. The fourth-order valence-corrected chi connectivity index (χ4v) is 1.74. The lowest BCUT2D eigenvalue weighted by Crippen LogP contribution is -2.19. The molecule has 0 fully saturated rings. The van der Waals surface area contributed by atoms with Crippen molar-refractivity contribution < 1.29 is 4.74 Å². The second kappa shape index (κ2) is 5.40. The van der Waals surface area contributed by atoms with Crippen molar-refractivity contribution in [3.63, 3.8) is 0 Å². The first kappa shape index (κ1) is 12.9. The Labute approximate surface area is 111 Å². The van der Waals surface area contributed by atoms with Crippen molar-refractivity contribution in [3.05, 3.63) is 58.5 Å². The molecular formula is C15H14N2O2. The highest BCUT2D eigenvalue weighted by Gasteiger charge is 2.04. The van der Waals surface area contributed by atoms with E-state index in [9.17, 15) is 4.79 Å². The molecule has 0 N–H and O–H groups in total. The maximum Gasteiger partial charge on any atom is 0.272 e. The average Bonchev–Trinajstić information content (AvgIpc) is 2.39. The summed E-state index contributed by atoms with van der Waals surface area (Å²) in [6.45, 7) is 3.91. The van der Waals surface area contributed by atoms with Crippen LogP contribution in [0.15, 0.2) is 47.4 Å². The number of nitrogens with zero attached hydrogens (tertiary/aromatic N) is 2. The quantitative estimate of drug-likeness (QED) is 0.845. The molecule has 0 atom stereocenters. The van der Waals surface area contributed by atoms with Crippen molar-refractivity contribution in [1.82, 2.24) is 4.57 Å². The van der Waals surface area contributed by atoms with E-state index in [-0.39, 0.29) is 17.2 Å². The summed E-state index contributed by atoms with van der Waals surface area (Å²) in [6, 6.07) is 12.3. The van der Waals surface area contributed by atoms with Crippen molar-refractivity contribution >= 4 is 0 Å². The Morgan fingerprint density at radius 1 is 1.21 bits per heavy atom. The molecule has 0 aliphatic carbocycles. The molecule has 2 aromatic rings. The van der Waals surface area contributed by atoms with E-state index >= 15 is 0 Å². The number of benzene rings is 1. The van der Waals surface area contributed by atoms with Crippen LogP contribution in [-0.4, -0.2) is 10.7 Å². The summed E-state index contributed by atoms with van der Waals surface area (Å²) in [5, 5.41) is 8.85. The highest BCUT2D eigenvalue weighted by atomic mass is 16.5. The Bertz CT molecular complexity index is 664. The van der Waals surface area contributed by atoms with Gasteiger partial charge in [-0.1, -0.05) is 0 Å². The van der Waals surface area contributed by atoms with Crippen molar-refractivity contribution in [2.24, 2.45) is 0 Å². The normalized spacial score (nSPS) is 10.2. The lowest BCUT2D eigenvalue weighted by Gasteiger charge is -2.11. The molecule has 0 radical (unpaired) electrons. The van der Waals surface area contributed by atoms with Gasteiger partial charge in [-0.05, 0) is 50.2 Å². The van der Waals surface area contributed by atoms with Crippen LogP contribution in [0.5, 0.6) is 5.75 Å². The van der Waals surface area contributed by atoms with Gasteiger partial charge in [0.1, 0.15) is 17.4 Å². The second-order valence-corrected chi connectivity index (χ2v) is 4.37. The van der Waals surface area contributed by atoms with Gasteiger partial charge in [0.2, 0.25) is 0 Å². The van der Waals surface area contributed by atoms with Crippen LogP contribution in [0, 0.1) is 11.3 Å². The van der Waals surface area contributed by atoms with Gasteiger partial charge < -0.3 is 4.74 Å². The fourth-order valence-electron chi connectivity index (χ4n) is 1.74. The molecule has 2 rings (SSSR count). The van der Waals surface area contributed by atoms with Gasteiger partial charge >= 0.3 is 0 Å². The van der Waals surface area contributed by atoms with Gasteiger partial charge in [-0.2, -0.15) is 5.26 Å². The molecule has 0 amide bonds. The Morgan fingerprint density at radius 3 is 2.47 bits per heavy atom. The molecule has 1 aromatic heterocycles. The molecule has 96 valence electrons. The molecule has 4 nitrogen and oxygen atoms in total. The molecule has 0 aliphatic rings. The third kappa shape index (κ3) is 2.83. The van der Waals surface area contributed by atoms with Crippen molar-refractivity contribution in [2.75, 3.05) is 0 Å². The monoisotopic (exact) mass is 254 g/mol. The predicted octanol–water partition coefficient (Wildman–Crippen LogP) is 2.50. The number of hydrogen-bond donors (Lipinski definition) is 0. The summed E-state index contributed by atoms with van der Waals surface area (Å²) in [7, 11) is 0. The minimum Gasteiger partial charge on any atom is -0.491 e. The van der Waals surface area contributed by atoms with Crippen LogP contribution in [0.4, 0.5) is 0 Å². The second-order valence-electron chi connectivity index (χ2n) is 4.37. The number of hydrogen-bond acceptors (Lipinski definition) is 3. The van der Waals surface area contributed by atoms with Gasteiger partial charge in [-0.3, -0.25) is 9.36 Å². The summed E-state index contributed by atoms with van der Waals surface area (Å²) in [6.07, 6.45) is 1.75. The summed E-state index contributed by atoms with van der Waals surface area (Å²) in [5.74, 6) is 0.753. The van der Waals surface area contributed by atoms with Crippen LogP contribution in [0.3, 0.4) is 0 Å². The Kier molecular flexibility index (Phi) is 3.67. The molecule has 1 aromatic carbocycles. The largest absolute Gasteiger partial charge is 0.491 e. The molecule has 1 heterocycles. The summed E-state index contributed by atoms with van der Waals surface area (Å²) >= 11 is 0. The van der Waals surface area contributed by atoms with Gasteiger partial charge in [0.15, 0.2) is 0 Å². The van der Waals surface area contributed by atoms with Crippen LogP contribution < -0.4 is 10.3 Å². The zero-order chi connectivity index (χ0) is 13.8. The lowest BCUT2D eigenvalue weighted by atomic mass is 10.2. The zero-order valence-electron chi connectivity index (χ0n) is 10.8. The lowest BCUT2D eigenvalue weighted by molar-refractivity contribution is 0.242. The van der Waals surface area contributed by atoms with E-state index in [0.717, 1.165) is 5.75 Å². The van der Waals surface area contributed by atoms with Gasteiger partial charge in [0.25, 0.3) is 5.56 Å². The van der Waals surface area contributed by atoms with E-state index < -0.39 is 0 Å². The molecular weight excluding hydrogens is 240 g/mol. The molecule has 0 aliphatic heterocycles. The number of ether oxygens (including phenoxy) is 1. The Balaban J connectivity index is 2.38. The average molecular weight is 254 g/mol. The van der Waals surface area contributed by atoms with Crippen molar-refractivity contribution in [2.45, 2.75) is 20.0 Å². The highest BCUT2D eigenvalue weighted by molar-refractivity contribution is 5.39.